The summed E-state index contributed by atoms with van der Waals surface area (Å²) in [5.74, 6) is 0. The fourth-order valence-corrected chi connectivity index (χ4v) is 9.15. The molecule has 0 saturated carbocycles. The summed E-state index contributed by atoms with van der Waals surface area (Å²) in [4.78, 5) is 0. The Balaban J connectivity index is 0.00000240. The Morgan fingerprint density at radius 3 is 1.25 bits per heavy atom. The molecule has 0 unspecified atom stereocenters. The molecule has 0 spiro atoms. The van der Waals surface area contributed by atoms with Crippen molar-refractivity contribution in [3.63, 3.8) is 0 Å². The Morgan fingerprint density at radius 2 is 0.969 bits per heavy atom. The first-order valence-electron chi connectivity index (χ1n) is 10.0. The van der Waals surface area contributed by atoms with Crippen LogP contribution in [0.2, 0.25) is 0 Å². The van der Waals surface area contributed by atoms with Gasteiger partial charge in [-0.3, -0.25) is 6.08 Å². The molecule has 0 atom stereocenters. The van der Waals surface area contributed by atoms with Crippen LogP contribution in [0.15, 0.2) is 108 Å². The van der Waals surface area contributed by atoms with E-state index in [1.165, 1.54) is 26.3 Å². The van der Waals surface area contributed by atoms with Crippen molar-refractivity contribution in [3.05, 3.63) is 114 Å². The van der Waals surface area contributed by atoms with Gasteiger partial charge in [0.1, 0.15) is 0 Å². The second-order valence-corrected chi connectivity index (χ2v) is 12.4. The van der Waals surface area contributed by atoms with Crippen molar-refractivity contribution in [3.8, 4) is 0 Å². The van der Waals surface area contributed by atoms with Crippen LogP contribution >= 0.6 is 0 Å². The third-order valence-corrected chi connectivity index (χ3v) is 10.5. The van der Waals surface area contributed by atoms with E-state index in [-0.39, 0.29) is 64.4 Å². The van der Waals surface area contributed by atoms with Crippen molar-refractivity contribution in [1.82, 2.24) is 0 Å². The topological polar surface area (TPSA) is 0 Å². The molecule has 4 rings (SSSR count). The van der Waals surface area contributed by atoms with E-state index in [4.69, 9.17) is 0 Å². The summed E-state index contributed by atoms with van der Waals surface area (Å²) >= 11 is 0. The maximum absolute atomic E-state index is 3.91. The van der Waals surface area contributed by atoms with Gasteiger partial charge in [0.05, 0.1) is 0 Å². The Kier molecular flexibility index (Phi) is 12.6. The van der Waals surface area contributed by atoms with E-state index in [2.05, 4.69) is 124 Å². The summed E-state index contributed by atoms with van der Waals surface area (Å²) in [5, 5.41) is 5.75. The predicted molar refractivity (Wildman–Crippen MR) is 123 cm³/mol. The Labute approximate surface area is 227 Å². The first-order valence-corrected chi connectivity index (χ1v) is 12.0. The second kappa shape index (κ2) is 13.0. The molecule has 0 bridgehead atoms. The minimum Gasteiger partial charge on any atom is -1.00 e. The van der Waals surface area contributed by atoms with Crippen LogP contribution in [0.4, 0.5) is 0 Å². The molecule has 1 aliphatic carbocycles. The van der Waals surface area contributed by atoms with Crippen LogP contribution in [0, 0.1) is 11.5 Å². The van der Waals surface area contributed by atoms with E-state index in [1.807, 2.05) is 0 Å². The van der Waals surface area contributed by atoms with Crippen LogP contribution < -0.4 is 52.8 Å². The smallest absolute Gasteiger partial charge is 1.00 e. The first-order chi connectivity index (χ1) is 13.5. The average molecular weight is 534 g/mol. The summed E-state index contributed by atoms with van der Waals surface area (Å²) in [7, 11) is -2.36. The predicted octanol–water partition coefficient (Wildman–Crippen LogP) is -4.19. The van der Waals surface area contributed by atoms with Gasteiger partial charge >= 0.3 is 21.7 Å². The number of hydrogen-bond acceptors (Lipinski definition) is 0. The van der Waals surface area contributed by atoms with Gasteiger partial charge in [0.15, 0.2) is 8.07 Å². The van der Waals surface area contributed by atoms with Crippen molar-refractivity contribution in [1.29, 1.82) is 0 Å². The molecule has 3 aromatic carbocycles. The van der Waals surface area contributed by atoms with Gasteiger partial charge in [0.25, 0.3) is 0 Å². The minimum absolute atomic E-state index is 0. The Hall–Kier alpha value is -1.06. The maximum atomic E-state index is 3.91. The molecule has 0 aromatic heterocycles. The van der Waals surface area contributed by atoms with E-state index in [9.17, 15) is 0 Å². The Morgan fingerprint density at radius 1 is 0.625 bits per heavy atom. The molecular formula is C27H27Cl3SiTi. The van der Waals surface area contributed by atoms with Gasteiger partial charge in [0.2, 0.25) is 0 Å². The van der Waals surface area contributed by atoms with Crippen molar-refractivity contribution in [2.75, 3.05) is 0 Å². The van der Waals surface area contributed by atoms with Gasteiger partial charge in [-0.05, 0) is 21.0 Å². The summed E-state index contributed by atoms with van der Waals surface area (Å²) in [5.41, 5.74) is 1.45. The van der Waals surface area contributed by atoms with Crippen LogP contribution in [0.5, 0.6) is 0 Å². The molecule has 0 aliphatic heterocycles. The molecule has 5 heteroatoms. The SMILES string of the molecule is CC(C)(C)C1=CCC([Si](c2ccccc2)(c2ccccc2)c2ccccc2)=[C-]1.[Cl-].[Cl-].[Cl-].[Ti+4]. The van der Waals surface area contributed by atoms with Crippen LogP contribution in [0.3, 0.4) is 0 Å². The molecular weight excluding hydrogens is 507 g/mol. The van der Waals surface area contributed by atoms with Gasteiger partial charge in [-0.15, -0.1) is 0 Å². The molecule has 0 N–H and O–H groups in total. The van der Waals surface area contributed by atoms with E-state index < -0.39 is 8.07 Å². The van der Waals surface area contributed by atoms with Gasteiger partial charge in [0, 0.05) is 0 Å². The standard InChI is InChI=1S/C27H27Si.3ClH.Ti/c1-27(2,3)22-19-20-26(21-22)28(23-13-7-4-8-14-23,24-15-9-5-10-16-24)25-17-11-6-12-18-25;;;;/h4-19H,20H2,1-3H3;3*1H;/q-1;;;;+4/p-3. The van der Waals surface area contributed by atoms with Crippen LogP contribution in [0.25, 0.3) is 0 Å². The van der Waals surface area contributed by atoms with Crippen molar-refractivity contribution >= 4 is 23.6 Å². The van der Waals surface area contributed by atoms with Gasteiger partial charge < -0.3 is 37.2 Å². The zero-order valence-electron chi connectivity index (χ0n) is 18.6. The molecule has 0 fully saturated rings. The third kappa shape index (κ3) is 5.89. The number of halogens is 3. The molecule has 1 aliphatic rings. The summed E-state index contributed by atoms with van der Waals surface area (Å²) in [6.07, 6.45) is 7.29. The summed E-state index contributed by atoms with van der Waals surface area (Å²) in [6, 6.07) is 33.3. The summed E-state index contributed by atoms with van der Waals surface area (Å²) in [6.45, 7) is 6.85. The number of rotatable bonds is 4. The van der Waals surface area contributed by atoms with E-state index >= 15 is 0 Å². The van der Waals surface area contributed by atoms with Gasteiger partial charge in [-0.25, -0.2) is 11.6 Å². The average Bonchev–Trinajstić information content (AvgIpc) is 3.22. The quantitative estimate of drug-likeness (QED) is 0.181. The number of allylic oxidation sites excluding steroid dienone is 4. The van der Waals surface area contributed by atoms with Crippen LogP contribution in [-0.4, -0.2) is 8.07 Å². The molecule has 0 amide bonds. The number of benzene rings is 3. The third-order valence-electron chi connectivity index (χ3n) is 5.68. The largest absolute Gasteiger partial charge is 4.00 e. The molecule has 0 saturated heterocycles. The Bertz CT molecular complexity index is 914. The molecule has 164 valence electrons. The first kappa shape index (κ1) is 30.9. The zero-order chi connectivity index (χ0) is 19.6. The molecule has 32 heavy (non-hydrogen) atoms. The fraction of sp³-hybridized carbons (Fsp3) is 0.185. The van der Waals surface area contributed by atoms with Crippen molar-refractivity contribution < 1.29 is 58.9 Å². The fourth-order valence-electron chi connectivity index (χ4n) is 4.30. The second-order valence-electron chi connectivity index (χ2n) is 8.52. The number of hydrogen-bond donors (Lipinski definition) is 0. The van der Waals surface area contributed by atoms with E-state index in [1.54, 1.807) is 0 Å². The molecule has 0 heterocycles. The van der Waals surface area contributed by atoms with Crippen molar-refractivity contribution in [2.24, 2.45) is 5.41 Å². The van der Waals surface area contributed by atoms with E-state index in [0.29, 0.717) is 0 Å². The molecule has 0 radical (unpaired) electrons. The van der Waals surface area contributed by atoms with Crippen LogP contribution in [0.1, 0.15) is 27.2 Å². The van der Waals surface area contributed by atoms with Crippen molar-refractivity contribution in [2.45, 2.75) is 27.2 Å². The summed E-state index contributed by atoms with van der Waals surface area (Å²) < 4.78 is 0. The molecule has 3 aromatic rings. The molecule has 0 nitrogen and oxygen atoms in total. The zero-order valence-corrected chi connectivity index (χ0v) is 23.4. The normalized spacial score (nSPS) is 12.7. The van der Waals surface area contributed by atoms with E-state index in [0.717, 1.165) is 6.42 Å². The minimum atomic E-state index is -2.36. The van der Waals surface area contributed by atoms with Gasteiger partial charge in [-0.2, -0.15) is 5.20 Å². The van der Waals surface area contributed by atoms with Gasteiger partial charge in [-0.1, -0.05) is 118 Å². The maximum Gasteiger partial charge on any atom is 4.00 e. The monoisotopic (exact) mass is 532 g/mol. The van der Waals surface area contributed by atoms with Crippen LogP contribution in [-0.2, 0) is 21.7 Å².